The van der Waals surface area contributed by atoms with Gasteiger partial charge in [-0.15, -0.1) is 0 Å². The normalized spacial score (nSPS) is 10.6. The van der Waals surface area contributed by atoms with Gasteiger partial charge in [0.25, 0.3) is 0 Å². The van der Waals surface area contributed by atoms with Crippen LogP contribution in [0.4, 0.5) is 22.0 Å². The van der Waals surface area contributed by atoms with Crippen LogP contribution in [-0.4, -0.2) is 17.9 Å². The molecule has 8 heteroatoms. The first-order valence-electron chi connectivity index (χ1n) is 5.45. The Hall–Kier alpha value is -2.51. The summed E-state index contributed by atoms with van der Waals surface area (Å²) in [6, 6.07) is 2.63. The van der Waals surface area contributed by atoms with Crippen LogP contribution in [0, 0.1) is 29.1 Å². The van der Waals surface area contributed by atoms with E-state index in [1.807, 2.05) is 0 Å². The van der Waals surface area contributed by atoms with Gasteiger partial charge < -0.3 is 4.74 Å². The summed E-state index contributed by atoms with van der Waals surface area (Å²) in [4.78, 5) is 15.5. The van der Waals surface area contributed by atoms with E-state index < -0.39 is 46.1 Å². The Morgan fingerprint density at radius 3 is 2.05 bits per heavy atom. The molecule has 1 aromatic heterocycles. The molecule has 0 saturated carbocycles. The van der Waals surface area contributed by atoms with Gasteiger partial charge in [0.2, 0.25) is 11.6 Å². The highest BCUT2D eigenvalue weighted by Crippen LogP contribution is 2.27. The Bertz CT molecular complexity index is 704. The van der Waals surface area contributed by atoms with E-state index >= 15 is 0 Å². The molecule has 21 heavy (non-hydrogen) atoms. The van der Waals surface area contributed by atoms with Crippen molar-refractivity contribution in [2.45, 2.75) is 0 Å². The van der Waals surface area contributed by atoms with Crippen molar-refractivity contribution < 1.29 is 31.5 Å². The van der Waals surface area contributed by atoms with Gasteiger partial charge in [-0.2, -0.15) is 0 Å². The van der Waals surface area contributed by atoms with E-state index in [-0.39, 0.29) is 5.75 Å². The first-order valence-corrected chi connectivity index (χ1v) is 5.45. The topological polar surface area (TPSA) is 39.2 Å². The molecule has 0 unspecified atom stereocenters. The Labute approximate surface area is 115 Å². The molecule has 0 saturated heterocycles. The van der Waals surface area contributed by atoms with Gasteiger partial charge in [-0.1, -0.05) is 0 Å². The summed E-state index contributed by atoms with van der Waals surface area (Å²) in [6.07, 6.45) is 1.11. The second-order valence-corrected chi connectivity index (χ2v) is 3.83. The van der Waals surface area contributed by atoms with Crippen LogP contribution in [0.15, 0.2) is 18.3 Å². The first kappa shape index (κ1) is 14.9. The Morgan fingerprint density at radius 1 is 1.00 bits per heavy atom. The zero-order chi connectivity index (χ0) is 15.7. The van der Waals surface area contributed by atoms with Gasteiger partial charge in [0.05, 0.1) is 7.11 Å². The highest BCUT2D eigenvalue weighted by atomic mass is 19.2. The number of carbonyl (C=O) groups excluding carboxylic acids is 1. The fourth-order valence-corrected chi connectivity index (χ4v) is 1.65. The van der Waals surface area contributed by atoms with Crippen LogP contribution in [0.1, 0.15) is 16.1 Å². The summed E-state index contributed by atoms with van der Waals surface area (Å²) in [5, 5.41) is 0. The van der Waals surface area contributed by atoms with E-state index in [0.29, 0.717) is 0 Å². The van der Waals surface area contributed by atoms with Crippen molar-refractivity contribution in [2.75, 3.05) is 7.11 Å². The molecule has 2 aromatic rings. The van der Waals surface area contributed by atoms with Crippen molar-refractivity contribution in [1.82, 2.24) is 4.98 Å². The number of hydrogen-bond donors (Lipinski definition) is 0. The molecule has 0 radical (unpaired) electrons. The molecule has 0 aliphatic carbocycles. The monoisotopic (exact) mass is 303 g/mol. The second kappa shape index (κ2) is 5.47. The zero-order valence-electron chi connectivity index (χ0n) is 10.4. The third-order valence-electron chi connectivity index (χ3n) is 2.64. The summed E-state index contributed by atoms with van der Waals surface area (Å²) in [5.74, 6) is -12.8. The van der Waals surface area contributed by atoms with E-state index in [9.17, 15) is 26.7 Å². The van der Waals surface area contributed by atoms with E-state index in [0.717, 1.165) is 13.3 Å². The van der Waals surface area contributed by atoms with Crippen LogP contribution in [0.5, 0.6) is 5.75 Å². The Morgan fingerprint density at radius 2 is 1.52 bits per heavy atom. The van der Waals surface area contributed by atoms with Crippen molar-refractivity contribution in [2.24, 2.45) is 0 Å². The first-order chi connectivity index (χ1) is 9.90. The maximum Gasteiger partial charge on any atom is 0.221 e. The van der Waals surface area contributed by atoms with E-state index in [4.69, 9.17) is 4.74 Å². The zero-order valence-corrected chi connectivity index (χ0v) is 10.4. The second-order valence-electron chi connectivity index (χ2n) is 3.83. The minimum Gasteiger partial charge on any atom is -0.494 e. The Kier molecular flexibility index (Phi) is 3.88. The number of ketones is 1. The van der Waals surface area contributed by atoms with Crippen LogP contribution < -0.4 is 4.74 Å². The number of halogens is 5. The number of aromatic nitrogens is 1. The number of rotatable bonds is 3. The standard InChI is InChI=1S/C13H6F5NO2/c1-21-5-3-2-4-19-12(5)13(20)6-7(14)9(16)11(18)10(17)8(6)15/h2-4H,1H3. The van der Waals surface area contributed by atoms with Gasteiger partial charge in [0.1, 0.15) is 11.3 Å². The molecule has 110 valence electrons. The van der Waals surface area contributed by atoms with Crippen LogP contribution in [0.25, 0.3) is 0 Å². The third-order valence-corrected chi connectivity index (χ3v) is 2.64. The number of pyridine rings is 1. The number of hydrogen-bond acceptors (Lipinski definition) is 3. The highest BCUT2D eigenvalue weighted by molar-refractivity contribution is 6.09. The fraction of sp³-hybridized carbons (Fsp3) is 0.0769. The largest absolute Gasteiger partial charge is 0.494 e. The average molecular weight is 303 g/mol. The predicted octanol–water partition coefficient (Wildman–Crippen LogP) is 3.02. The quantitative estimate of drug-likeness (QED) is 0.379. The molecule has 0 bridgehead atoms. The summed E-state index contributed by atoms with van der Waals surface area (Å²) in [5.41, 5.74) is -2.15. The van der Waals surface area contributed by atoms with E-state index in [1.165, 1.54) is 12.1 Å². The number of ether oxygens (including phenoxy) is 1. The van der Waals surface area contributed by atoms with Gasteiger partial charge in [0, 0.05) is 6.20 Å². The van der Waals surface area contributed by atoms with Crippen molar-refractivity contribution >= 4 is 5.78 Å². The molecule has 0 fully saturated rings. The van der Waals surface area contributed by atoms with Gasteiger partial charge >= 0.3 is 0 Å². The highest BCUT2D eigenvalue weighted by Gasteiger charge is 2.31. The lowest BCUT2D eigenvalue weighted by Crippen LogP contribution is -2.15. The van der Waals surface area contributed by atoms with Crippen molar-refractivity contribution in [1.29, 1.82) is 0 Å². The van der Waals surface area contributed by atoms with Crippen LogP contribution in [0.2, 0.25) is 0 Å². The lowest BCUT2D eigenvalue weighted by atomic mass is 10.0. The predicted molar refractivity (Wildman–Crippen MR) is 60.5 cm³/mol. The number of methoxy groups -OCH3 is 1. The SMILES string of the molecule is COc1cccnc1C(=O)c1c(F)c(F)c(F)c(F)c1F. The van der Waals surface area contributed by atoms with Crippen molar-refractivity contribution in [3.63, 3.8) is 0 Å². The molecular weight excluding hydrogens is 297 g/mol. The van der Waals surface area contributed by atoms with Crippen LogP contribution in [-0.2, 0) is 0 Å². The summed E-state index contributed by atoms with van der Waals surface area (Å²) < 4.78 is 71.0. The third kappa shape index (κ3) is 2.32. The van der Waals surface area contributed by atoms with Gasteiger partial charge in [-0.05, 0) is 12.1 Å². The molecule has 0 aliphatic heterocycles. The summed E-state index contributed by atoms with van der Waals surface area (Å²) >= 11 is 0. The van der Waals surface area contributed by atoms with E-state index in [2.05, 4.69) is 4.98 Å². The average Bonchev–Trinajstić information content (AvgIpc) is 2.51. The molecule has 3 nitrogen and oxygen atoms in total. The maximum atomic E-state index is 13.6. The van der Waals surface area contributed by atoms with Crippen molar-refractivity contribution in [3.05, 3.63) is 58.7 Å². The summed E-state index contributed by atoms with van der Waals surface area (Å²) in [7, 11) is 1.16. The number of carbonyl (C=O) groups is 1. The van der Waals surface area contributed by atoms with Gasteiger partial charge in [0.15, 0.2) is 29.0 Å². The van der Waals surface area contributed by atoms with Gasteiger partial charge in [-0.3, -0.25) is 4.79 Å². The number of benzene rings is 1. The lowest BCUT2D eigenvalue weighted by molar-refractivity contribution is 0.102. The maximum absolute atomic E-state index is 13.6. The summed E-state index contributed by atoms with van der Waals surface area (Å²) in [6.45, 7) is 0. The Balaban J connectivity index is 2.70. The van der Waals surface area contributed by atoms with Gasteiger partial charge in [-0.25, -0.2) is 26.9 Å². The molecular formula is C13H6F5NO2. The smallest absolute Gasteiger partial charge is 0.221 e. The molecule has 0 amide bonds. The molecule has 1 heterocycles. The molecule has 0 N–H and O–H groups in total. The van der Waals surface area contributed by atoms with E-state index in [1.54, 1.807) is 0 Å². The molecule has 0 atom stereocenters. The molecule has 2 rings (SSSR count). The minimum absolute atomic E-state index is 0.161. The van der Waals surface area contributed by atoms with Crippen LogP contribution in [0.3, 0.4) is 0 Å². The van der Waals surface area contributed by atoms with Crippen LogP contribution >= 0.6 is 0 Å². The minimum atomic E-state index is -2.34. The number of nitrogens with zero attached hydrogens (tertiary/aromatic N) is 1. The molecule has 0 aliphatic rings. The van der Waals surface area contributed by atoms with Crippen molar-refractivity contribution in [3.8, 4) is 5.75 Å². The fourth-order valence-electron chi connectivity index (χ4n) is 1.65. The lowest BCUT2D eigenvalue weighted by Gasteiger charge is -2.09. The molecule has 0 spiro atoms. The molecule has 1 aromatic carbocycles.